The molecule has 0 saturated carbocycles. The Balaban J connectivity index is 2.30. The van der Waals surface area contributed by atoms with E-state index in [4.69, 9.17) is 23.6 Å². The van der Waals surface area contributed by atoms with Gasteiger partial charge in [-0.1, -0.05) is 6.07 Å². The molecule has 1 aromatic carbocycles. The van der Waals surface area contributed by atoms with Crippen molar-refractivity contribution in [3.63, 3.8) is 0 Å². The first-order chi connectivity index (χ1) is 11.5. The molecule has 0 spiro atoms. The SMILES string of the molecule is CS(=O)(=O)OC[C@@H]1Oc2cccc(C(N)=O)c2O[C@H]1COS(C)(=O)=O. The lowest BCUT2D eigenvalue weighted by molar-refractivity contribution is -0.0235. The number of amides is 1. The quantitative estimate of drug-likeness (QED) is 0.588. The number of rotatable bonds is 7. The summed E-state index contributed by atoms with van der Waals surface area (Å²) in [6.07, 6.45) is -0.337. The summed E-state index contributed by atoms with van der Waals surface area (Å²) in [5.41, 5.74) is 5.30. The van der Waals surface area contributed by atoms with Crippen LogP contribution >= 0.6 is 0 Å². The molecule has 1 amide bonds. The molecule has 1 heterocycles. The van der Waals surface area contributed by atoms with E-state index in [0.29, 0.717) is 0 Å². The molecule has 0 unspecified atom stereocenters. The van der Waals surface area contributed by atoms with Crippen LogP contribution in [0.25, 0.3) is 0 Å². The number of carbonyl (C=O) groups is 1. The third kappa shape index (κ3) is 5.56. The zero-order valence-electron chi connectivity index (χ0n) is 13.4. The average Bonchev–Trinajstić information content (AvgIpc) is 2.48. The minimum absolute atomic E-state index is 0.0210. The molecule has 0 aromatic heterocycles. The highest BCUT2D eigenvalue weighted by molar-refractivity contribution is 7.86. The van der Waals surface area contributed by atoms with Crippen LogP contribution in [0.4, 0.5) is 0 Å². The van der Waals surface area contributed by atoms with Crippen LogP contribution in [0.1, 0.15) is 10.4 Å². The third-order valence-electron chi connectivity index (χ3n) is 3.10. The van der Waals surface area contributed by atoms with Crippen LogP contribution in [-0.2, 0) is 28.6 Å². The lowest BCUT2D eigenvalue weighted by Crippen LogP contribution is -2.46. The highest BCUT2D eigenvalue weighted by Crippen LogP contribution is 2.37. The zero-order chi connectivity index (χ0) is 18.8. The van der Waals surface area contributed by atoms with Gasteiger partial charge in [0.05, 0.1) is 18.1 Å². The van der Waals surface area contributed by atoms with Crippen LogP contribution in [0.3, 0.4) is 0 Å². The molecule has 1 aromatic rings. The van der Waals surface area contributed by atoms with E-state index >= 15 is 0 Å². The summed E-state index contributed by atoms with van der Waals surface area (Å²) in [4.78, 5) is 11.5. The first-order valence-corrected chi connectivity index (χ1v) is 10.5. The second kappa shape index (κ2) is 7.15. The molecule has 12 heteroatoms. The molecule has 25 heavy (non-hydrogen) atoms. The van der Waals surface area contributed by atoms with Gasteiger partial charge in [0.2, 0.25) is 0 Å². The van der Waals surface area contributed by atoms with Crippen molar-refractivity contribution < 1.29 is 39.5 Å². The van der Waals surface area contributed by atoms with E-state index in [1.165, 1.54) is 18.2 Å². The number of para-hydroxylation sites is 1. The fourth-order valence-electron chi connectivity index (χ4n) is 2.05. The van der Waals surface area contributed by atoms with Crippen molar-refractivity contribution >= 4 is 26.1 Å². The molecular weight excluding hydrogens is 378 g/mol. The second-order valence-electron chi connectivity index (χ2n) is 5.29. The smallest absolute Gasteiger partial charge is 0.264 e. The molecule has 2 rings (SSSR count). The maximum Gasteiger partial charge on any atom is 0.264 e. The number of hydrogen-bond donors (Lipinski definition) is 1. The summed E-state index contributed by atoms with van der Waals surface area (Å²) < 4.78 is 65.3. The summed E-state index contributed by atoms with van der Waals surface area (Å²) in [7, 11) is -7.54. The minimum Gasteiger partial charge on any atom is -0.480 e. The van der Waals surface area contributed by atoms with Gasteiger partial charge in [0.25, 0.3) is 26.1 Å². The van der Waals surface area contributed by atoms with E-state index in [1.54, 1.807) is 0 Å². The third-order valence-corrected chi connectivity index (χ3v) is 4.23. The molecular formula is C13H17NO9S2. The predicted molar refractivity (Wildman–Crippen MR) is 85.4 cm³/mol. The molecule has 0 saturated heterocycles. The van der Waals surface area contributed by atoms with Crippen LogP contribution in [-0.4, -0.2) is 60.7 Å². The van der Waals surface area contributed by atoms with Gasteiger partial charge in [-0.2, -0.15) is 16.8 Å². The van der Waals surface area contributed by atoms with Gasteiger partial charge >= 0.3 is 0 Å². The molecule has 0 bridgehead atoms. The number of fused-ring (bicyclic) bond motifs is 1. The summed E-state index contributed by atoms with van der Waals surface area (Å²) in [5, 5.41) is 0. The van der Waals surface area contributed by atoms with Crippen molar-refractivity contribution in [3.05, 3.63) is 23.8 Å². The fraction of sp³-hybridized carbons (Fsp3) is 0.462. The molecule has 1 aliphatic heterocycles. The Morgan fingerprint density at radius 2 is 1.56 bits per heavy atom. The first-order valence-electron chi connectivity index (χ1n) is 6.91. The number of ether oxygens (including phenoxy) is 2. The van der Waals surface area contributed by atoms with Crippen molar-refractivity contribution in [1.29, 1.82) is 0 Å². The number of hydrogen-bond acceptors (Lipinski definition) is 9. The van der Waals surface area contributed by atoms with Crippen molar-refractivity contribution in [2.24, 2.45) is 5.73 Å². The van der Waals surface area contributed by atoms with Crippen LogP contribution in [0.5, 0.6) is 11.5 Å². The summed E-state index contributed by atoms with van der Waals surface area (Å²) >= 11 is 0. The summed E-state index contributed by atoms with van der Waals surface area (Å²) in [6.45, 7) is -0.903. The van der Waals surface area contributed by atoms with Gasteiger partial charge in [-0.05, 0) is 12.1 Å². The summed E-state index contributed by atoms with van der Waals surface area (Å²) in [6, 6.07) is 4.40. The zero-order valence-corrected chi connectivity index (χ0v) is 15.0. The van der Waals surface area contributed by atoms with Gasteiger partial charge in [-0.3, -0.25) is 13.2 Å². The highest BCUT2D eigenvalue weighted by atomic mass is 32.2. The van der Waals surface area contributed by atoms with Crippen molar-refractivity contribution in [2.75, 3.05) is 25.7 Å². The van der Waals surface area contributed by atoms with E-state index in [0.717, 1.165) is 12.5 Å². The van der Waals surface area contributed by atoms with Crippen LogP contribution in [0.2, 0.25) is 0 Å². The normalized spacial score (nSPS) is 20.2. The minimum atomic E-state index is -3.78. The Kier molecular flexibility index (Phi) is 5.56. The molecule has 0 fully saturated rings. The van der Waals surface area contributed by atoms with E-state index in [-0.39, 0.29) is 17.1 Å². The lowest BCUT2D eigenvalue weighted by atomic mass is 10.1. The Hall–Kier alpha value is -1.89. The maximum absolute atomic E-state index is 11.5. The number of primary amides is 1. The largest absolute Gasteiger partial charge is 0.480 e. The van der Waals surface area contributed by atoms with Gasteiger partial charge < -0.3 is 15.2 Å². The Labute approximate surface area is 145 Å². The van der Waals surface area contributed by atoms with Crippen LogP contribution < -0.4 is 15.2 Å². The van der Waals surface area contributed by atoms with E-state index < -0.39 is 51.6 Å². The lowest BCUT2D eigenvalue weighted by Gasteiger charge is -2.33. The Morgan fingerprint density at radius 1 is 1.04 bits per heavy atom. The molecule has 1 aliphatic rings. The second-order valence-corrected chi connectivity index (χ2v) is 8.57. The van der Waals surface area contributed by atoms with Gasteiger partial charge in [0.15, 0.2) is 23.7 Å². The summed E-state index contributed by atoms with van der Waals surface area (Å²) in [5.74, 6) is -0.601. The van der Waals surface area contributed by atoms with Crippen molar-refractivity contribution in [1.82, 2.24) is 0 Å². The van der Waals surface area contributed by atoms with Crippen molar-refractivity contribution in [3.8, 4) is 11.5 Å². The van der Waals surface area contributed by atoms with Gasteiger partial charge in [0.1, 0.15) is 13.2 Å². The Bertz CT molecular complexity index is 863. The molecule has 2 N–H and O–H groups in total. The topological polar surface area (TPSA) is 148 Å². The van der Waals surface area contributed by atoms with E-state index in [2.05, 4.69) is 0 Å². The predicted octanol–water partition coefficient (Wildman–Crippen LogP) is -0.754. The molecule has 0 radical (unpaired) electrons. The molecule has 10 nitrogen and oxygen atoms in total. The van der Waals surface area contributed by atoms with Crippen molar-refractivity contribution in [2.45, 2.75) is 12.2 Å². The highest BCUT2D eigenvalue weighted by Gasteiger charge is 2.35. The standard InChI is InChI=1S/C13H17NO9S2/c1-24(16,17)20-6-10-11(7-21-25(2,18)19)23-12-8(13(14)15)4-3-5-9(12)22-10/h3-5,10-11H,6-7H2,1-2H3,(H2,14,15)/t10-,11-/m0/s1. The van der Waals surface area contributed by atoms with Gasteiger partial charge in [-0.15, -0.1) is 0 Å². The van der Waals surface area contributed by atoms with Crippen LogP contribution in [0.15, 0.2) is 18.2 Å². The first kappa shape index (κ1) is 19.4. The van der Waals surface area contributed by atoms with E-state index in [9.17, 15) is 21.6 Å². The number of nitrogens with two attached hydrogens (primary N) is 1. The van der Waals surface area contributed by atoms with Gasteiger partial charge in [0, 0.05) is 0 Å². The number of carbonyl (C=O) groups excluding carboxylic acids is 1. The molecule has 2 atom stereocenters. The average molecular weight is 395 g/mol. The monoisotopic (exact) mass is 395 g/mol. The maximum atomic E-state index is 11.5. The van der Waals surface area contributed by atoms with E-state index in [1.807, 2.05) is 0 Å². The fourth-order valence-corrected chi connectivity index (χ4v) is 2.82. The van der Waals surface area contributed by atoms with Crippen LogP contribution in [0, 0.1) is 0 Å². The molecule has 140 valence electrons. The van der Waals surface area contributed by atoms with Gasteiger partial charge in [-0.25, -0.2) is 0 Å². The Morgan fingerprint density at radius 3 is 2.04 bits per heavy atom. The molecule has 0 aliphatic carbocycles. The number of benzene rings is 1.